The maximum atomic E-state index is 5.87. The molecule has 0 fully saturated rings. The molecule has 0 amide bonds. The van der Waals surface area contributed by atoms with Crippen LogP contribution in [0.5, 0.6) is 0 Å². The largest absolute Gasteiger partial charge is 0.327 e. The van der Waals surface area contributed by atoms with Gasteiger partial charge < -0.3 is 11.1 Å². The van der Waals surface area contributed by atoms with Gasteiger partial charge in [0.25, 0.3) is 0 Å². The number of nitrogens with one attached hydrogen (secondary N) is 1. The van der Waals surface area contributed by atoms with Crippen molar-refractivity contribution in [3.8, 4) is 0 Å². The smallest absolute Gasteiger partial charge is 0.0168 e. The highest BCUT2D eigenvalue weighted by atomic mass is 14.9. The van der Waals surface area contributed by atoms with E-state index in [2.05, 4.69) is 29.6 Å². The third-order valence-electron chi connectivity index (χ3n) is 2.11. The van der Waals surface area contributed by atoms with E-state index in [4.69, 9.17) is 5.73 Å². The van der Waals surface area contributed by atoms with Crippen molar-refractivity contribution in [2.45, 2.75) is 18.9 Å². The molecule has 0 radical (unpaired) electrons. The van der Waals surface area contributed by atoms with E-state index in [0.717, 1.165) is 19.4 Å². The van der Waals surface area contributed by atoms with E-state index in [9.17, 15) is 0 Å². The van der Waals surface area contributed by atoms with Crippen molar-refractivity contribution in [3.63, 3.8) is 0 Å². The number of likely N-dealkylation sites (N-methyl/N-ethyl adjacent to an activating group) is 1. The van der Waals surface area contributed by atoms with Crippen LogP contribution in [-0.2, 0) is 6.42 Å². The average molecular weight is 178 g/mol. The zero-order valence-electron chi connectivity index (χ0n) is 8.16. The minimum absolute atomic E-state index is 0.269. The molecule has 0 bridgehead atoms. The topological polar surface area (TPSA) is 38.0 Å². The summed E-state index contributed by atoms with van der Waals surface area (Å²) < 4.78 is 0. The lowest BCUT2D eigenvalue weighted by Crippen LogP contribution is -2.32. The standard InChI is InChI=1S/C11H18N2/c1-13-9-11(12)8-7-10-5-3-2-4-6-10/h2-6,11,13H,7-9,12H2,1H3/t11-/m0/s1. The predicted molar refractivity (Wildman–Crippen MR) is 56.7 cm³/mol. The molecule has 1 rings (SSSR count). The van der Waals surface area contributed by atoms with Crippen LogP contribution in [0.3, 0.4) is 0 Å². The quantitative estimate of drug-likeness (QED) is 0.710. The average Bonchev–Trinajstić information content (AvgIpc) is 2.17. The number of rotatable bonds is 5. The molecule has 0 saturated heterocycles. The first-order chi connectivity index (χ1) is 6.33. The van der Waals surface area contributed by atoms with Crippen molar-refractivity contribution in [3.05, 3.63) is 35.9 Å². The van der Waals surface area contributed by atoms with Gasteiger partial charge in [-0.25, -0.2) is 0 Å². The van der Waals surface area contributed by atoms with Crippen LogP contribution < -0.4 is 11.1 Å². The summed E-state index contributed by atoms with van der Waals surface area (Å²) in [5.74, 6) is 0. The van der Waals surface area contributed by atoms with Crippen LogP contribution in [0.1, 0.15) is 12.0 Å². The van der Waals surface area contributed by atoms with Crippen molar-refractivity contribution in [1.82, 2.24) is 5.32 Å². The van der Waals surface area contributed by atoms with Crippen molar-refractivity contribution in [2.75, 3.05) is 13.6 Å². The highest BCUT2D eigenvalue weighted by molar-refractivity contribution is 5.14. The Morgan fingerprint density at radius 3 is 2.62 bits per heavy atom. The molecular weight excluding hydrogens is 160 g/mol. The summed E-state index contributed by atoms with van der Waals surface area (Å²) in [5.41, 5.74) is 7.24. The van der Waals surface area contributed by atoms with Gasteiger partial charge in [0.15, 0.2) is 0 Å². The molecule has 0 aromatic heterocycles. The Hall–Kier alpha value is -0.860. The lowest BCUT2D eigenvalue weighted by Gasteiger charge is -2.10. The molecule has 0 aliphatic rings. The minimum Gasteiger partial charge on any atom is -0.327 e. The number of nitrogens with two attached hydrogens (primary N) is 1. The molecular formula is C11H18N2. The summed E-state index contributed by atoms with van der Waals surface area (Å²) in [5, 5.41) is 3.08. The Balaban J connectivity index is 2.27. The molecule has 0 aliphatic heterocycles. The van der Waals surface area contributed by atoms with Crippen molar-refractivity contribution < 1.29 is 0 Å². The number of benzene rings is 1. The second-order valence-electron chi connectivity index (χ2n) is 3.34. The van der Waals surface area contributed by atoms with E-state index in [1.165, 1.54) is 5.56 Å². The van der Waals surface area contributed by atoms with Gasteiger partial charge in [0.1, 0.15) is 0 Å². The van der Waals surface area contributed by atoms with E-state index < -0.39 is 0 Å². The summed E-state index contributed by atoms with van der Waals surface area (Å²) in [6.45, 7) is 0.896. The van der Waals surface area contributed by atoms with E-state index in [1.807, 2.05) is 13.1 Å². The van der Waals surface area contributed by atoms with Gasteiger partial charge in [-0.2, -0.15) is 0 Å². The summed E-state index contributed by atoms with van der Waals surface area (Å²) in [4.78, 5) is 0. The maximum Gasteiger partial charge on any atom is 0.0168 e. The van der Waals surface area contributed by atoms with Gasteiger partial charge in [-0.1, -0.05) is 30.3 Å². The molecule has 1 aromatic rings. The summed E-state index contributed by atoms with van der Waals surface area (Å²) >= 11 is 0. The summed E-state index contributed by atoms with van der Waals surface area (Å²) in [6, 6.07) is 10.7. The first kappa shape index (κ1) is 10.2. The van der Waals surface area contributed by atoms with Gasteiger partial charge in [0, 0.05) is 12.6 Å². The SMILES string of the molecule is CNC[C@@H](N)CCc1ccccc1. The molecule has 72 valence electrons. The lowest BCUT2D eigenvalue weighted by molar-refractivity contribution is 0.576. The summed E-state index contributed by atoms with van der Waals surface area (Å²) in [6.07, 6.45) is 2.12. The molecule has 1 aromatic carbocycles. The second-order valence-corrected chi connectivity index (χ2v) is 3.34. The Morgan fingerprint density at radius 1 is 1.31 bits per heavy atom. The van der Waals surface area contributed by atoms with Crippen molar-refractivity contribution >= 4 is 0 Å². The zero-order valence-corrected chi connectivity index (χ0v) is 8.16. The van der Waals surface area contributed by atoms with Gasteiger partial charge >= 0.3 is 0 Å². The number of hydrogen-bond acceptors (Lipinski definition) is 2. The van der Waals surface area contributed by atoms with Gasteiger partial charge in [-0.05, 0) is 25.5 Å². The monoisotopic (exact) mass is 178 g/mol. The highest BCUT2D eigenvalue weighted by Crippen LogP contribution is 2.03. The molecule has 0 saturated carbocycles. The molecule has 3 N–H and O–H groups in total. The lowest BCUT2D eigenvalue weighted by atomic mass is 10.1. The number of hydrogen-bond donors (Lipinski definition) is 2. The minimum atomic E-state index is 0.269. The van der Waals surface area contributed by atoms with Crippen LogP contribution in [0.25, 0.3) is 0 Å². The molecule has 1 atom stereocenters. The van der Waals surface area contributed by atoms with E-state index in [0.29, 0.717) is 0 Å². The second kappa shape index (κ2) is 5.73. The first-order valence-electron chi connectivity index (χ1n) is 4.77. The first-order valence-corrected chi connectivity index (χ1v) is 4.77. The van der Waals surface area contributed by atoms with Gasteiger partial charge in [-0.3, -0.25) is 0 Å². The third-order valence-corrected chi connectivity index (χ3v) is 2.11. The third kappa shape index (κ3) is 4.06. The number of aryl methyl sites for hydroxylation is 1. The van der Waals surface area contributed by atoms with E-state index in [1.54, 1.807) is 0 Å². The van der Waals surface area contributed by atoms with Crippen LogP contribution >= 0.6 is 0 Å². The van der Waals surface area contributed by atoms with Crippen LogP contribution in [0.4, 0.5) is 0 Å². The van der Waals surface area contributed by atoms with E-state index in [-0.39, 0.29) is 6.04 Å². The van der Waals surface area contributed by atoms with Gasteiger partial charge in [0.05, 0.1) is 0 Å². The molecule has 0 aliphatic carbocycles. The Kier molecular flexibility index (Phi) is 4.50. The fourth-order valence-electron chi connectivity index (χ4n) is 1.36. The van der Waals surface area contributed by atoms with Crippen LogP contribution in [0, 0.1) is 0 Å². The Labute approximate surface area is 80.1 Å². The molecule has 13 heavy (non-hydrogen) atoms. The Morgan fingerprint density at radius 2 is 2.00 bits per heavy atom. The molecule has 0 unspecified atom stereocenters. The van der Waals surface area contributed by atoms with Crippen LogP contribution in [0.15, 0.2) is 30.3 Å². The molecule has 0 heterocycles. The fourth-order valence-corrected chi connectivity index (χ4v) is 1.36. The van der Waals surface area contributed by atoms with Crippen molar-refractivity contribution in [2.24, 2.45) is 5.73 Å². The highest BCUT2D eigenvalue weighted by Gasteiger charge is 2.00. The maximum absolute atomic E-state index is 5.87. The Bertz CT molecular complexity index is 221. The van der Waals surface area contributed by atoms with Gasteiger partial charge in [-0.15, -0.1) is 0 Å². The summed E-state index contributed by atoms with van der Waals surface area (Å²) in [7, 11) is 1.93. The van der Waals surface area contributed by atoms with Crippen molar-refractivity contribution in [1.29, 1.82) is 0 Å². The fraction of sp³-hybridized carbons (Fsp3) is 0.455. The predicted octanol–water partition coefficient (Wildman–Crippen LogP) is 1.17. The van der Waals surface area contributed by atoms with Crippen LogP contribution in [0.2, 0.25) is 0 Å². The van der Waals surface area contributed by atoms with Gasteiger partial charge in [0.2, 0.25) is 0 Å². The molecule has 0 spiro atoms. The van der Waals surface area contributed by atoms with E-state index >= 15 is 0 Å². The normalized spacial score (nSPS) is 12.8. The molecule has 2 nitrogen and oxygen atoms in total. The van der Waals surface area contributed by atoms with Crippen LogP contribution in [-0.4, -0.2) is 19.6 Å². The zero-order chi connectivity index (χ0) is 9.52. The molecule has 2 heteroatoms.